The SMILES string of the molecule is COC(=O)[C@H]1O[C@@H](OC)C[C@H](N=[N+]=[N-])[C@@H]1O. The molecular formula is C8H13N3O5. The van der Waals surface area contributed by atoms with Crippen LogP contribution in [0.1, 0.15) is 6.42 Å². The van der Waals surface area contributed by atoms with E-state index in [4.69, 9.17) is 15.0 Å². The number of ether oxygens (including phenoxy) is 3. The fourth-order valence-electron chi connectivity index (χ4n) is 1.48. The second-order valence-electron chi connectivity index (χ2n) is 3.24. The van der Waals surface area contributed by atoms with Crippen LogP contribution in [0.15, 0.2) is 5.11 Å². The molecule has 0 saturated carbocycles. The summed E-state index contributed by atoms with van der Waals surface area (Å²) >= 11 is 0. The summed E-state index contributed by atoms with van der Waals surface area (Å²) in [7, 11) is 2.57. The zero-order valence-electron chi connectivity index (χ0n) is 8.94. The molecule has 1 aliphatic rings. The highest BCUT2D eigenvalue weighted by Crippen LogP contribution is 2.24. The average Bonchev–Trinajstić information content (AvgIpc) is 2.31. The molecule has 0 bridgehead atoms. The van der Waals surface area contributed by atoms with E-state index >= 15 is 0 Å². The highest BCUT2D eigenvalue weighted by Gasteiger charge is 2.42. The van der Waals surface area contributed by atoms with Gasteiger partial charge in [0, 0.05) is 18.4 Å². The molecule has 0 radical (unpaired) electrons. The minimum Gasteiger partial charge on any atom is -0.467 e. The molecule has 0 aromatic rings. The van der Waals surface area contributed by atoms with Crippen LogP contribution < -0.4 is 0 Å². The Labute approximate surface area is 91.7 Å². The lowest BCUT2D eigenvalue weighted by Crippen LogP contribution is -2.51. The van der Waals surface area contributed by atoms with Gasteiger partial charge in [-0.15, -0.1) is 0 Å². The first-order valence-corrected chi connectivity index (χ1v) is 4.62. The van der Waals surface area contributed by atoms with Crippen molar-refractivity contribution >= 4 is 5.97 Å². The van der Waals surface area contributed by atoms with Crippen molar-refractivity contribution < 1.29 is 24.1 Å². The van der Waals surface area contributed by atoms with Gasteiger partial charge in [-0.1, -0.05) is 5.11 Å². The topological polar surface area (TPSA) is 114 Å². The number of nitrogens with zero attached hydrogens (tertiary/aromatic N) is 3. The molecule has 0 unspecified atom stereocenters. The van der Waals surface area contributed by atoms with Crippen LogP contribution in [0.5, 0.6) is 0 Å². The van der Waals surface area contributed by atoms with Crippen LogP contribution in [0.4, 0.5) is 0 Å². The molecule has 0 spiro atoms. The molecule has 1 aliphatic heterocycles. The van der Waals surface area contributed by atoms with E-state index in [1.54, 1.807) is 0 Å². The molecule has 16 heavy (non-hydrogen) atoms. The molecule has 1 heterocycles. The van der Waals surface area contributed by atoms with Crippen molar-refractivity contribution in [2.24, 2.45) is 5.11 Å². The first-order chi connectivity index (χ1) is 7.63. The third-order valence-corrected chi connectivity index (χ3v) is 2.33. The number of methoxy groups -OCH3 is 2. The zero-order chi connectivity index (χ0) is 12.1. The number of azide groups is 1. The van der Waals surface area contributed by atoms with Crippen molar-refractivity contribution in [1.82, 2.24) is 0 Å². The molecule has 1 rings (SSSR count). The normalized spacial score (nSPS) is 33.9. The van der Waals surface area contributed by atoms with Gasteiger partial charge in [0.25, 0.3) is 0 Å². The van der Waals surface area contributed by atoms with Crippen molar-refractivity contribution in [3.05, 3.63) is 10.4 Å². The number of rotatable bonds is 3. The van der Waals surface area contributed by atoms with Gasteiger partial charge in [0.05, 0.1) is 19.3 Å². The summed E-state index contributed by atoms with van der Waals surface area (Å²) in [4.78, 5) is 13.9. The highest BCUT2D eigenvalue weighted by molar-refractivity contribution is 5.75. The molecule has 1 fully saturated rings. The van der Waals surface area contributed by atoms with Gasteiger partial charge in [-0.05, 0) is 5.53 Å². The number of hydrogen-bond acceptors (Lipinski definition) is 6. The van der Waals surface area contributed by atoms with E-state index in [2.05, 4.69) is 14.8 Å². The fraction of sp³-hybridized carbons (Fsp3) is 0.875. The Bertz CT molecular complexity index is 304. The van der Waals surface area contributed by atoms with Crippen LogP contribution in [0.3, 0.4) is 0 Å². The third kappa shape index (κ3) is 2.61. The third-order valence-electron chi connectivity index (χ3n) is 2.33. The van der Waals surface area contributed by atoms with Crippen molar-refractivity contribution in [2.45, 2.75) is 31.0 Å². The standard InChI is InChI=1S/C8H13N3O5/c1-14-5-3-4(10-11-9)6(12)7(16-5)8(13)15-2/h4-7,12H,3H2,1-2H3/t4-,5+,6-,7-/m0/s1. The van der Waals surface area contributed by atoms with Gasteiger partial charge in [-0.25, -0.2) is 4.79 Å². The van der Waals surface area contributed by atoms with Crippen LogP contribution in [0.25, 0.3) is 10.4 Å². The first kappa shape index (κ1) is 12.7. The van der Waals surface area contributed by atoms with Gasteiger partial charge < -0.3 is 19.3 Å². The molecule has 0 aromatic heterocycles. The van der Waals surface area contributed by atoms with Crippen molar-refractivity contribution in [2.75, 3.05) is 14.2 Å². The van der Waals surface area contributed by atoms with E-state index in [0.29, 0.717) is 0 Å². The summed E-state index contributed by atoms with van der Waals surface area (Å²) in [6.45, 7) is 0. The lowest BCUT2D eigenvalue weighted by molar-refractivity contribution is -0.225. The average molecular weight is 231 g/mol. The summed E-state index contributed by atoms with van der Waals surface area (Å²) in [6.07, 6.45) is -2.94. The van der Waals surface area contributed by atoms with Crippen LogP contribution >= 0.6 is 0 Å². The van der Waals surface area contributed by atoms with Crippen LogP contribution in [-0.4, -0.2) is 49.8 Å². The number of aliphatic hydroxyl groups excluding tert-OH is 1. The molecule has 0 aromatic carbocycles. The Morgan fingerprint density at radius 2 is 2.31 bits per heavy atom. The number of carbonyl (C=O) groups excluding carboxylic acids is 1. The Morgan fingerprint density at radius 3 is 2.81 bits per heavy atom. The van der Waals surface area contributed by atoms with Crippen LogP contribution in [0, 0.1) is 0 Å². The lowest BCUT2D eigenvalue weighted by atomic mass is 9.99. The molecule has 1 N–H and O–H groups in total. The molecular weight excluding hydrogens is 218 g/mol. The first-order valence-electron chi connectivity index (χ1n) is 4.62. The second-order valence-corrected chi connectivity index (χ2v) is 3.24. The van der Waals surface area contributed by atoms with Gasteiger partial charge in [0.1, 0.15) is 0 Å². The Morgan fingerprint density at radius 1 is 1.62 bits per heavy atom. The summed E-state index contributed by atoms with van der Waals surface area (Å²) in [6, 6.07) is -0.771. The number of carbonyl (C=O) groups is 1. The predicted octanol–water partition coefficient (Wildman–Crippen LogP) is -0.0394. The second kappa shape index (κ2) is 5.66. The van der Waals surface area contributed by atoms with E-state index < -0.39 is 30.5 Å². The number of esters is 1. The molecule has 1 saturated heterocycles. The quantitative estimate of drug-likeness (QED) is 0.317. The summed E-state index contributed by atoms with van der Waals surface area (Å²) in [5.41, 5.74) is 8.33. The molecule has 0 amide bonds. The van der Waals surface area contributed by atoms with Crippen molar-refractivity contribution in [1.29, 1.82) is 0 Å². The van der Waals surface area contributed by atoms with Crippen LogP contribution in [-0.2, 0) is 19.0 Å². The van der Waals surface area contributed by atoms with Crippen molar-refractivity contribution in [3.63, 3.8) is 0 Å². The summed E-state index contributed by atoms with van der Waals surface area (Å²) in [5, 5.41) is 13.1. The Kier molecular flexibility index (Phi) is 4.51. The maximum atomic E-state index is 11.3. The van der Waals surface area contributed by atoms with E-state index in [1.807, 2.05) is 0 Å². The monoisotopic (exact) mass is 231 g/mol. The number of aliphatic hydroxyl groups is 1. The maximum absolute atomic E-state index is 11.3. The largest absolute Gasteiger partial charge is 0.467 e. The summed E-state index contributed by atoms with van der Waals surface area (Å²) < 4.78 is 14.5. The maximum Gasteiger partial charge on any atom is 0.337 e. The van der Waals surface area contributed by atoms with Gasteiger partial charge in [-0.3, -0.25) is 0 Å². The van der Waals surface area contributed by atoms with Crippen LogP contribution in [0.2, 0.25) is 0 Å². The Hall–Kier alpha value is -1.34. The number of hydrogen-bond donors (Lipinski definition) is 1. The minimum atomic E-state index is -1.23. The van der Waals surface area contributed by atoms with Gasteiger partial charge in [0.15, 0.2) is 12.4 Å². The smallest absolute Gasteiger partial charge is 0.337 e. The van der Waals surface area contributed by atoms with Crippen molar-refractivity contribution in [3.8, 4) is 0 Å². The van der Waals surface area contributed by atoms with E-state index in [9.17, 15) is 9.90 Å². The fourth-order valence-corrected chi connectivity index (χ4v) is 1.48. The Balaban J connectivity index is 2.83. The van der Waals surface area contributed by atoms with Gasteiger partial charge in [0.2, 0.25) is 0 Å². The van der Waals surface area contributed by atoms with E-state index in [1.165, 1.54) is 14.2 Å². The van der Waals surface area contributed by atoms with E-state index in [0.717, 1.165) is 0 Å². The molecule has 0 aliphatic carbocycles. The van der Waals surface area contributed by atoms with Gasteiger partial charge in [-0.2, -0.15) is 0 Å². The predicted molar refractivity (Wildman–Crippen MR) is 51.2 cm³/mol. The lowest BCUT2D eigenvalue weighted by Gasteiger charge is -2.35. The highest BCUT2D eigenvalue weighted by atomic mass is 16.7. The summed E-state index contributed by atoms with van der Waals surface area (Å²) in [5.74, 6) is -0.729. The zero-order valence-corrected chi connectivity index (χ0v) is 8.94. The minimum absolute atomic E-state index is 0.190. The molecule has 90 valence electrons. The molecule has 4 atom stereocenters. The molecule has 8 nitrogen and oxygen atoms in total. The van der Waals surface area contributed by atoms with E-state index in [-0.39, 0.29) is 6.42 Å². The molecule has 8 heteroatoms. The van der Waals surface area contributed by atoms with Gasteiger partial charge >= 0.3 is 5.97 Å².